The number of aromatic nitrogens is 2. The van der Waals surface area contributed by atoms with Crippen LogP contribution in [0.4, 0.5) is 0 Å². The highest BCUT2D eigenvalue weighted by molar-refractivity contribution is 7.90. The number of rotatable bonds is 4. The number of benzene rings is 2. The molecule has 3 rings (SSSR count). The summed E-state index contributed by atoms with van der Waals surface area (Å²) >= 11 is 0. The Hall–Kier alpha value is -2.60. The van der Waals surface area contributed by atoms with Crippen molar-refractivity contribution in [3.8, 4) is 22.6 Å². The van der Waals surface area contributed by atoms with Crippen LogP contribution >= 0.6 is 0 Å². The fourth-order valence-corrected chi connectivity index (χ4v) is 3.48. The van der Waals surface area contributed by atoms with Gasteiger partial charge in [-0.25, -0.2) is 13.1 Å². The van der Waals surface area contributed by atoms with Crippen LogP contribution in [-0.2, 0) is 9.84 Å². The van der Waals surface area contributed by atoms with E-state index in [1.54, 1.807) is 25.3 Å². The molecule has 2 aromatic carbocycles. The standard InChI is InChI=1S/C19H20N2O3S/c1-13-10-14(2)21(20-13)18-9-8-16(12-19(18)24-3)15-6-5-7-17(11-15)25(4,22)23/h5-12H,1-4H3. The monoisotopic (exact) mass is 356 g/mol. The Morgan fingerprint density at radius 2 is 1.72 bits per heavy atom. The molecule has 0 aliphatic heterocycles. The zero-order valence-corrected chi connectivity index (χ0v) is 15.5. The summed E-state index contributed by atoms with van der Waals surface area (Å²) in [5.74, 6) is 0.674. The first kappa shape index (κ1) is 17.2. The Morgan fingerprint density at radius 1 is 1.00 bits per heavy atom. The Kier molecular flexibility index (Phi) is 4.39. The lowest BCUT2D eigenvalue weighted by Crippen LogP contribution is -2.02. The van der Waals surface area contributed by atoms with Crippen LogP contribution in [-0.4, -0.2) is 31.6 Å². The smallest absolute Gasteiger partial charge is 0.175 e. The summed E-state index contributed by atoms with van der Waals surface area (Å²) < 4.78 is 30.9. The molecule has 1 aromatic heterocycles. The van der Waals surface area contributed by atoms with Gasteiger partial charge in [0.15, 0.2) is 9.84 Å². The van der Waals surface area contributed by atoms with Gasteiger partial charge < -0.3 is 4.74 Å². The van der Waals surface area contributed by atoms with E-state index >= 15 is 0 Å². The van der Waals surface area contributed by atoms with Crippen molar-refractivity contribution >= 4 is 9.84 Å². The number of nitrogens with zero attached hydrogens (tertiary/aromatic N) is 2. The van der Waals surface area contributed by atoms with E-state index in [1.165, 1.54) is 6.26 Å². The summed E-state index contributed by atoms with van der Waals surface area (Å²) in [5.41, 5.74) is 4.50. The van der Waals surface area contributed by atoms with E-state index in [0.29, 0.717) is 10.6 Å². The molecule has 25 heavy (non-hydrogen) atoms. The molecule has 6 heteroatoms. The fraction of sp³-hybridized carbons (Fsp3) is 0.211. The Bertz CT molecular complexity index is 1040. The van der Waals surface area contributed by atoms with Gasteiger partial charge in [-0.05, 0) is 55.3 Å². The summed E-state index contributed by atoms with van der Waals surface area (Å²) in [6, 6.07) is 14.7. The summed E-state index contributed by atoms with van der Waals surface area (Å²) in [6.07, 6.45) is 1.21. The Balaban J connectivity index is 2.10. The summed E-state index contributed by atoms with van der Waals surface area (Å²) in [6.45, 7) is 3.93. The lowest BCUT2D eigenvalue weighted by atomic mass is 10.0. The predicted molar refractivity (Wildman–Crippen MR) is 98.1 cm³/mol. The van der Waals surface area contributed by atoms with Gasteiger partial charge >= 0.3 is 0 Å². The number of hydrogen-bond acceptors (Lipinski definition) is 4. The normalized spacial score (nSPS) is 11.5. The molecule has 130 valence electrons. The predicted octanol–water partition coefficient (Wildman–Crippen LogP) is 3.57. The average molecular weight is 356 g/mol. The van der Waals surface area contributed by atoms with Gasteiger partial charge in [-0.2, -0.15) is 5.10 Å². The van der Waals surface area contributed by atoms with E-state index in [2.05, 4.69) is 5.10 Å². The van der Waals surface area contributed by atoms with E-state index in [9.17, 15) is 8.42 Å². The van der Waals surface area contributed by atoms with Crippen LogP contribution in [0.3, 0.4) is 0 Å². The van der Waals surface area contributed by atoms with Crippen LogP contribution in [0.15, 0.2) is 53.4 Å². The molecule has 0 saturated carbocycles. The molecular weight excluding hydrogens is 336 g/mol. The van der Waals surface area contributed by atoms with Crippen molar-refractivity contribution < 1.29 is 13.2 Å². The number of hydrogen-bond donors (Lipinski definition) is 0. The van der Waals surface area contributed by atoms with Gasteiger partial charge in [0.1, 0.15) is 11.4 Å². The van der Waals surface area contributed by atoms with Gasteiger partial charge in [0.25, 0.3) is 0 Å². The first-order valence-corrected chi connectivity index (χ1v) is 9.71. The second-order valence-electron chi connectivity index (χ2n) is 6.03. The topological polar surface area (TPSA) is 61.2 Å². The number of sulfone groups is 1. The maximum Gasteiger partial charge on any atom is 0.175 e. The van der Waals surface area contributed by atoms with E-state index < -0.39 is 9.84 Å². The van der Waals surface area contributed by atoms with Crippen molar-refractivity contribution in [3.63, 3.8) is 0 Å². The first-order chi connectivity index (χ1) is 11.8. The van der Waals surface area contributed by atoms with Crippen molar-refractivity contribution in [3.05, 3.63) is 59.9 Å². The van der Waals surface area contributed by atoms with Gasteiger partial charge in [-0.3, -0.25) is 0 Å². The van der Waals surface area contributed by atoms with Crippen molar-refractivity contribution in [2.24, 2.45) is 0 Å². The first-order valence-electron chi connectivity index (χ1n) is 7.82. The molecule has 0 atom stereocenters. The molecule has 0 bridgehead atoms. The molecule has 0 radical (unpaired) electrons. The van der Waals surface area contributed by atoms with Crippen molar-refractivity contribution in [2.75, 3.05) is 13.4 Å². The van der Waals surface area contributed by atoms with Gasteiger partial charge in [-0.15, -0.1) is 0 Å². The Morgan fingerprint density at radius 3 is 2.32 bits per heavy atom. The average Bonchev–Trinajstić information content (AvgIpc) is 2.92. The van der Waals surface area contributed by atoms with Crippen molar-refractivity contribution in [2.45, 2.75) is 18.7 Å². The van der Waals surface area contributed by atoms with Gasteiger partial charge in [0.2, 0.25) is 0 Å². The van der Waals surface area contributed by atoms with Gasteiger partial charge in [0.05, 0.1) is 17.7 Å². The lowest BCUT2D eigenvalue weighted by Gasteiger charge is -2.13. The fourth-order valence-electron chi connectivity index (χ4n) is 2.81. The molecule has 0 aliphatic rings. The number of methoxy groups -OCH3 is 1. The lowest BCUT2D eigenvalue weighted by molar-refractivity contribution is 0.411. The van der Waals surface area contributed by atoms with E-state index in [4.69, 9.17) is 4.74 Å². The minimum atomic E-state index is -3.25. The van der Waals surface area contributed by atoms with Crippen molar-refractivity contribution in [1.82, 2.24) is 9.78 Å². The van der Waals surface area contributed by atoms with Crippen LogP contribution in [0.2, 0.25) is 0 Å². The molecule has 0 fully saturated rings. The number of aryl methyl sites for hydroxylation is 2. The quantitative estimate of drug-likeness (QED) is 0.717. The van der Waals surface area contributed by atoms with Gasteiger partial charge in [-0.1, -0.05) is 18.2 Å². The third-order valence-corrected chi connectivity index (χ3v) is 5.12. The molecule has 0 amide bonds. The molecule has 0 unspecified atom stereocenters. The van der Waals surface area contributed by atoms with Crippen molar-refractivity contribution in [1.29, 1.82) is 0 Å². The second kappa shape index (κ2) is 6.37. The highest BCUT2D eigenvalue weighted by Gasteiger charge is 2.13. The molecule has 0 saturated heterocycles. The molecule has 1 heterocycles. The van der Waals surface area contributed by atoms with E-state index in [-0.39, 0.29) is 0 Å². The minimum absolute atomic E-state index is 0.298. The van der Waals surface area contributed by atoms with Crippen LogP contribution < -0.4 is 4.74 Å². The largest absolute Gasteiger partial charge is 0.494 e. The SMILES string of the molecule is COc1cc(-c2cccc(S(C)(=O)=O)c2)ccc1-n1nc(C)cc1C. The molecular formula is C19H20N2O3S. The van der Waals surface area contributed by atoms with Crippen LogP contribution in [0.5, 0.6) is 5.75 Å². The van der Waals surface area contributed by atoms with Gasteiger partial charge in [0, 0.05) is 11.9 Å². The maximum absolute atomic E-state index is 11.8. The van der Waals surface area contributed by atoms with Crippen LogP contribution in [0, 0.1) is 13.8 Å². The third-order valence-electron chi connectivity index (χ3n) is 4.01. The van der Waals surface area contributed by atoms with E-state index in [1.807, 2.05) is 48.9 Å². The molecule has 3 aromatic rings. The van der Waals surface area contributed by atoms with Crippen LogP contribution in [0.25, 0.3) is 16.8 Å². The summed E-state index contributed by atoms with van der Waals surface area (Å²) in [5, 5.41) is 4.50. The summed E-state index contributed by atoms with van der Waals surface area (Å²) in [4.78, 5) is 0.298. The highest BCUT2D eigenvalue weighted by Crippen LogP contribution is 2.31. The van der Waals surface area contributed by atoms with E-state index in [0.717, 1.165) is 28.2 Å². The third kappa shape index (κ3) is 3.44. The molecule has 5 nitrogen and oxygen atoms in total. The maximum atomic E-state index is 11.8. The minimum Gasteiger partial charge on any atom is -0.494 e. The Labute approximate surface area is 147 Å². The summed E-state index contributed by atoms with van der Waals surface area (Å²) in [7, 11) is -1.64. The second-order valence-corrected chi connectivity index (χ2v) is 8.04. The van der Waals surface area contributed by atoms with Crippen LogP contribution in [0.1, 0.15) is 11.4 Å². The zero-order valence-electron chi connectivity index (χ0n) is 14.6. The molecule has 0 aliphatic carbocycles. The zero-order chi connectivity index (χ0) is 18.2. The number of ether oxygens (including phenoxy) is 1. The highest BCUT2D eigenvalue weighted by atomic mass is 32.2. The molecule has 0 N–H and O–H groups in total. The molecule has 0 spiro atoms.